The lowest BCUT2D eigenvalue weighted by Crippen LogP contribution is -2.26. The van der Waals surface area contributed by atoms with Crippen molar-refractivity contribution in [3.05, 3.63) is 41.9 Å². The van der Waals surface area contributed by atoms with Crippen LogP contribution >= 0.6 is 0 Å². The fourth-order valence-corrected chi connectivity index (χ4v) is 2.11. The summed E-state index contributed by atoms with van der Waals surface area (Å²) in [5.74, 6) is 1.58. The first-order valence-corrected chi connectivity index (χ1v) is 7.66. The van der Waals surface area contributed by atoms with Gasteiger partial charge in [0.2, 0.25) is 0 Å². The molecule has 2 aromatic rings. The molecular formula is C17H22N4O3. The molecule has 24 heavy (non-hydrogen) atoms. The lowest BCUT2D eigenvalue weighted by Gasteiger charge is -2.10. The molecule has 0 saturated heterocycles. The summed E-state index contributed by atoms with van der Waals surface area (Å²) in [6, 6.07) is 9.10. The van der Waals surface area contributed by atoms with E-state index in [4.69, 9.17) is 9.47 Å². The molecule has 1 aromatic carbocycles. The average molecular weight is 330 g/mol. The van der Waals surface area contributed by atoms with E-state index in [-0.39, 0.29) is 5.91 Å². The van der Waals surface area contributed by atoms with Gasteiger partial charge in [-0.3, -0.25) is 4.79 Å². The molecule has 0 aliphatic rings. The zero-order chi connectivity index (χ0) is 17.4. The van der Waals surface area contributed by atoms with Gasteiger partial charge in [0.1, 0.15) is 23.1 Å². The summed E-state index contributed by atoms with van der Waals surface area (Å²) in [5, 5.41) is 5.97. The number of carbonyl (C=O) groups is 1. The monoisotopic (exact) mass is 330 g/mol. The van der Waals surface area contributed by atoms with Crippen LogP contribution in [0, 0.1) is 6.92 Å². The van der Waals surface area contributed by atoms with Crippen LogP contribution in [-0.2, 0) is 4.74 Å². The maximum Gasteiger partial charge on any atom is 0.270 e. The predicted molar refractivity (Wildman–Crippen MR) is 91.9 cm³/mol. The summed E-state index contributed by atoms with van der Waals surface area (Å²) in [5.41, 5.74) is 1.14. The van der Waals surface area contributed by atoms with Gasteiger partial charge in [-0.05, 0) is 25.5 Å². The van der Waals surface area contributed by atoms with Crippen LogP contribution < -0.4 is 15.4 Å². The first-order chi connectivity index (χ1) is 11.6. The maximum atomic E-state index is 12.2. The predicted octanol–water partition coefficient (Wildman–Crippen LogP) is 2.30. The SMILES string of the molecule is COCCCNC(=O)c1cc(Nc2cccc(OC)c2)nc(C)n1. The van der Waals surface area contributed by atoms with E-state index in [9.17, 15) is 4.79 Å². The van der Waals surface area contributed by atoms with E-state index in [0.717, 1.165) is 17.9 Å². The highest BCUT2D eigenvalue weighted by Crippen LogP contribution is 2.20. The van der Waals surface area contributed by atoms with Crippen molar-refractivity contribution in [3.63, 3.8) is 0 Å². The van der Waals surface area contributed by atoms with Gasteiger partial charge >= 0.3 is 0 Å². The molecule has 0 atom stereocenters. The number of nitrogens with zero attached hydrogens (tertiary/aromatic N) is 2. The van der Waals surface area contributed by atoms with Gasteiger partial charge in [-0.2, -0.15) is 0 Å². The van der Waals surface area contributed by atoms with E-state index in [1.54, 1.807) is 27.2 Å². The van der Waals surface area contributed by atoms with E-state index in [2.05, 4.69) is 20.6 Å². The van der Waals surface area contributed by atoms with Crippen molar-refractivity contribution in [2.45, 2.75) is 13.3 Å². The second kappa shape index (κ2) is 8.83. The Balaban J connectivity index is 2.08. The van der Waals surface area contributed by atoms with Gasteiger partial charge in [0.25, 0.3) is 5.91 Å². The zero-order valence-electron chi connectivity index (χ0n) is 14.1. The number of hydrogen-bond donors (Lipinski definition) is 2. The van der Waals surface area contributed by atoms with Crippen molar-refractivity contribution in [2.75, 3.05) is 32.7 Å². The second-order valence-electron chi connectivity index (χ2n) is 5.14. The highest BCUT2D eigenvalue weighted by molar-refractivity contribution is 5.93. The molecule has 0 spiro atoms. The number of nitrogens with one attached hydrogen (secondary N) is 2. The Hall–Kier alpha value is -2.67. The van der Waals surface area contributed by atoms with Crippen molar-refractivity contribution in [2.24, 2.45) is 0 Å². The van der Waals surface area contributed by atoms with Crippen LogP contribution in [0.1, 0.15) is 22.7 Å². The van der Waals surface area contributed by atoms with Crippen molar-refractivity contribution >= 4 is 17.4 Å². The van der Waals surface area contributed by atoms with E-state index in [1.807, 2.05) is 24.3 Å². The summed E-state index contributed by atoms with van der Waals surface area (Å²) in [7, 11) is 3.24. The van der Waals surface area contributed by atoms with E-state index in [0.29, 0.717) is 30.5 Å². The van der Waals surface area contributed by atoms with Crippen LogP contribution in [0.4, 0.5) is 11.5 Å². The molecule has 0 saturated carbocycles. The molecule has 2 N–H and O–H groups in total. The molecule has 2 rings (SSSR count). The molecule has 0 fully saturated rings. The number of benzene rings is 1. The van der Waals surface area contributed by atoms with Crippen LogP contribution in [0.3, 0.4) is 0 Å². The molecule has 128 valence electrons. The quantitative estimate of drug-likeness (QED) is 0.723. The molecule has 0 radical (unpaired) electrons. The lowest BCUT2D eigenvalue weighted by molar-refractivity contribution is 0.0943. The highest BCUT2D eigenvalue weighted by Gasteiger charge is 2.10. The molecule has 1 heterocycles. The summed E-state index contributed by atoms with van der Waals surface area (Å²) in [6.07, 6.45) is 0.751. The smallest absolute Gasteiger partial charge is 0.270 e. The summed E-state index contributed by atoms with van der Waals surface area (Å²) >= 11 is 0. The number of carbonyl (C=O) groups excluding carboxylic acids is 1. The van der Waals surface area contributed by atoms with Crippen LogP contribution in [-0.4, -0.2) is 43.2 Å². The van der Waals surface area contributed by atoms with Gasteiger partial charge < -0.3 is 20.1 Å². The molecule has 1 amide bonds. The molecule has 1 aromatic heterocycles. The van der Waals surface area contributed by atoms with Gasteiger partial charge in [0, 0.05) is 38.1 Å². The minimum Gasteiger partial charge on any atom is -0.497 e. The van der Waals surface area contributed by atoms with Crippen molar-refractivity contribution in [1.29, 1.82) is 0 Å². The maximum absolute atomic E-state index is 12.2. The lowest BCUT2D eigenvalue weighted by atomic mass is 10.3. The summed E-state index contributed by atoms with van der Waals surface area (Å²) in [6.45, 7) is 2.89. The molecule has 7 nitrogen and oxygen atoms in total. The normalized spacial score (nSPS) is 10.3. The van der Waals surface area contributed by atoms with Gasteiger partial charge in [0.05, 0.1) is 7.11 Å². The number of rotatable bonds is 8. The zero-order valence-corrected chi connectivity index (χ0v) is 14.1. The largest absolute Gasteiger partial charge is 0.497 e. The minimum atomic E-state index is -0.231. The number of aromatic nitrogens is 2. The Bertz CT molecular complexity index is 691. The number of hydrogen-bond acceptors (Lipinski definition) is 6. The van der Waals surface area contributed by atoms with Crippen LogP contribution in [0.5, 0.6) is 5.75 Å². The van der Waals surface area contributed by atoms with Gasteiger partial charge in [-0.25, -0.2) is 9.97 Å². The van der Waals surface area contributed by atoms with E-state index < -0.39 is 0 Å². The Kier molecular flexibility index (Phi) is 6.51. The third-order valence-electron chi connectivity index (χ3n) is 3.22. The first kappa shape index (κ1) is 17.7. The average Bonchev–Trinajstić information content (AvgIpc) is 2.58. The Morgan fingerprint density at radius 2 is 2.04 bits per heavy atom. The Morgan fingerprint density at radius 1 is 1.21 bits per heavy atom. The number of anilines is 2. The standard InChI is InChI=1S/C17H22N4O3/c1-12-19-15(17(22)18-8-5-9-23-2)11-16(20-12)21-13-6-4-7-14(10-13)24-3/h4,6-7,10-11H,5,8-9H2,1-3H3,(H,18,22)(H,19,20,21). The van der Waals surface area contributed by atoms with Gasteiger partial charge in [-0.15, -0.1) is 0 Å². The highest BCUT2D eigenvalue weighted by atomic mass is 16.5. The van der Waals surface area contributed by atoms with Gasteiger partial charge in [-0.1, -0.05) is 6.07 Å². The van der Waals surface area contributed by atoms with Crippen molar-refractivity contribution in [3.8, 4) is 5.75 Å². The third kappa shape index (κ3) is 5.20. The molecule has 0 bridgehead atoms. The van der Waals surface area contributed by atoms with Gasteiger partial charge in [0.15, 0.2) is 0 Å². The minimum absolute atomic E-state index is 0.231. The molecule has 0 aliphatic carbocycles. The van der Waals surface area contributed by atoms with E-state index >= 15 is 0 Å². The Labute approximate surface area is 141 Å². The number of aryl methyl sites for hydroxylation is 1. The summed E-state index contributed by atoms with van der Waals surface area (Å²) < 4.78 is 10.2. The molecule has 0 aliphatic heterocycles. The fraction of sp³-hybridized carbons (Fsp3) is 0.353. The first-order valence-electron chi connectivity index (χ1n) is 7.66. The fourth-order valence-electron chi connectivity index (χ4n) is 2.11. The Morgan fingerprint density at radius 3 is 2.79 bits per heavy atom. The molecule has 0 unspecified atom stereocenters. The van der Waals surface area contributed by atoms with Crippen molar-refractivity contribution < 1.29 is 14.3 Å². The summed E-state index contributed by atoms with van der Waals surface area (Å²) in [4.78, 5) is 20.7. The van der Waals surface area contributed by atoms with Crippen molar-refractivity contribution in [1.82, 2.24) is 15.3 Å². The molecular weight excluding hydrogens is 308 g/mol. The second-order valence-corrected chi connectivity index (χ2v) is 5.14. The van der Waals surface area contributed by atoms with Crippen LogP contribution in [0.15, 0.2) is 30.3 Å². The van der Waals surface area contributed by atoms with Crippen LogP contribution in [0.2, 0.25) is 0 Å². The van der Waals surface area contributed by atoms with E-state index in [1.165, 1.54) is 0 Å². The topological polar surface area (TPSA) is 85.4 Å². The number of amides is 1. The third-order valence-corrected chi connectivity index (χ3v) is 3.22. The number of methoxy groups -OCH3 is 2. The number of ether oxygens (including phenoxy) is 2. The molecule has 7 heteroatoms. The van der Waals surface area contributed by atoms with Crippen LogP contribution in [0.25, 0.3) is 0 Å².